The summed E-state index contributed by atoms with van der Waals surface area (Å²) in [5, 5.41) is 16.2. The van der Waals surface area contributed by atoms with Crippen LogP contribution in [-0.4, -0.2) is 45.8 Å². The van der Waals surface area contributed by atoms with Crippen LogP contribution in [0.5, 0.6) is 5.75 Å². The van der Waals surface area contributed by atoms with Crippen LogP contribution in [0, 0.1) is 5.82 Å². The third kappa shape index (κ3) is 5.92. The minimum atomic E-state index is -2.87. The van der Waals surface area contributed by atoms with Crippen LogP contribution in [-0.2, 0) is 11.2 Å². The fourth-order valence-electron chi connectivity index (χ4n) is 2.49. The van der Waals surface area contributed by atoms with Gasteiger partial charge >= 0.3 is 6.61 Å². The van der Waals surface area contributed by atoms with E-state index in [9.17, 15) is 18.0 Å². The summed E-state index contributed by atoms with van der Waals surface area (Å²) in [5.74, 6) is -0.765. The molecule has 0 bridgehead atoms. The summed E-state index contributed by atoms with van der Waals surface area (Å²) in [6.45, 7) is -2.66. The van der Waals surface area contributed by atoms with Gasteiger partial charge in [-0.05, 0) is 52.7 Å². The lowest BCUT2D eigenvalue weighted by atomic mass is 10.1. The van der Waals surface area contributed by atoms with Gasteiger partial charge in [-0.25, -0.2) is 9.07 Å². The number of amides is 1. The molecule has 1 amide bonds. The summed E-state index contributed by atoms with van der Waals surface area (Å²) in [5.41, 5.74) is 1.53. The van der Waals surface area contributed by atoms with E-state index in [4.69, 9.17) is 0 Å². The molecule has 1 aromatic heterocycles. The van der Waals surface area contributed by atoms with Gasteiger partial charge in [0.05, 0.1) is 17.9 Å². The number of carbonyl (C=O) groups excluding carboxylic acids is 1. The fourth-order valence-corrected chi connectivity index (χ4v) is 2.49. The summed E-state index contributed by atoms with van der Waals surface area (Å²) in [7, 11) is 0. The molecule has 0 aliphatic rings. The number of rotatable bonds is 9. The highest BCUT2D eigenvalue weighted by atomic mass is 19.3. The Morgan fingerprint density at radius 2 is 1.97 bits per heavy atom. The van der Waals surface area contributed by atoms with Crippen molar-refractivity contribution in [1.29, 1.82) is 0 Å². The van der Waals surface area contributed by atoms with Crippen LogP contribution < -0.4 is 15.4 Å². The smallest absolute Gasteiger partial charge is 0.387 e. The van der Waals surface area contributed by atoms with E-state index < -0.39 is 12.4 Å². The second-order valence-corrected chi connectivity index (χ2v) is 5.89. The number of halogens is 3. The van der Waals surface area contributed by atoms with Crippen molar-refractivity contribution in [3.8, 4) is 11.4 Å². The maximum atomic E-state index is 13.9. The zero-order valence-corrected chi connectivity index (χ0v) is 15.1. The van der Waals surface area contributed by atoms with Gasteiger partial charge in [-0.15, -0.1) is 5.10 Å². The highest BCUT2D eigenvalue weighted by Crippen LogP contribution is 2.18. The Kier molecular flexibility index (Phi) is 6.61. The minimum Gasteiger partial charge on any atom is -0.435 e. The van der Waals surface area contributed by atoms with Gasteiger partial charge in [0.15, 0.2) is 0 Å². The molecule has 2 aromatic carbocycles. The minimum absolute atomic E-state index is 0.0721. The lowest BCUT2D eigenvalue weighted by molar-refractivity contribution is -0.119. The third-order valence-corrected chi connectivity index (χ3v) is 3.89. The van der Waals surface area contributed by atoms with Crippen molar-refractivity contribution < 1.29 is 22.7 Å². The number of nitrogens with one attached hydrogen (secondary N) is 2. The van der Waals surface area contributed by atoms with Crippen LogP contribution >= 0.6 is 0 Å². The lowest BCUT2D eigenvalue weighted by Crippen LogP contribution is -2.31. The number of benzene rings is 2. The first-order chi connectivity index (χ1) is 14.0. The Bertz CT molecular complexity index is 935. The molecule has 0 aliphatic carbocycles. The standard InChI is InChI=1S/C18H17F3N6O2/c19-15-6-3-13(27-11-24-25-26-27)9-16(15)23-10-17(28)22-8-7-12-1-4-14(5-2-12)29-18(20)21/h1-6,9,11,18,23H,7-8,10H2,(H,22,28). The molecule has 0 aliphatic heterocycles. The summed E-state index contributed by atoms with van der Waals surface area (Å²) in [4.78, 5) is 12.0. The fraction of sp³-hybridized carbons (Fsp3) is 0.222. The molecule has 0 saturated carbocycles. The molecule has 0 fully saturated rings. The number of carbonyl (C=O) groups is 1. The van der Waals surface area contributed by atoms with Gasteiger partial charge in [0, 0.05) is 6.54 Å². The van der Waals surface area contributed by atoms with Gasteiger partial charge in [-0.2, -0.15) is 8.78 Å². The van der Waals surface area contributed by atoms with E-state index in [0.29, 0.717) is 18.7 Å². The first kappa shape index (κ1) is 20.1. The zero-order chi connectivity index (χ0) is 20.6. The van der Waals surface area contributed by atoms with Crippen LogP contribution in [0.15, 0.2) is 48.8 Å². The molecule has 29 heavy (non-hydrogen) atoms. The molecule has 1 heterocycles. The predicted octanol–water partition coefficient (Wildman–Crippen LogP) is 2.17. The first-order valence-corrected chi connectivity index (χ1v) is 8.58. The van der Waals surface area contributed by atoms with E-state index >= 15 is 0 Å². The Labute approximate surface area is 163 Å². The summed E-state index contributed by atoms with van der Waals surface area (Å²) in [6, 6.07) is 10.4. The maximum Gasteiger partial charge on any atom is 0.387 e. The Morgan fingerprint density at radius 3 is 2.66 bits per heavy atom. The van der Waals surface area contributed by atoms with Crippen LogP contribution in [0.4, 0.5) is 18.9 Å². The Morgan fingerprint density at radius 1 is 1.17 bits per heavy atom. The molecule has 8 nitrogen and oxygen atoms in total. The summed E-state index contributed by atoms with van der Waals surface area (Å²) in [6.07, 6.45) is 1.87. The zero-order valence-electron chi connectivity index (χ0n) is 15.1. The van der Waals surface area contributed by atoms with Crippen molar-refractivity contribution in [2.24, 2.45) is 0 Å². The molecule has 2 N–H and O–H groups in total. The van der Waals surface area contributed by atoms with Gasteiger partial charge in [0.25, 0.3) is 0 Å². The molecule has 3 rings (SSSR count). The monoisotopic (exact) mass is 406 g/mol. The number of ether oxygens (including phenoxy) is 1. The molecular formula is C18H17F3N6O2. The number of hydrogen-bond donors (Lipinski definition) is 2. The van der Waals surface area contributed by atoms with E-state index in [1.807, 2.05) is 0 Å². The molecule has 0 saturated heterocycles. The van der Waals surface area contributed by atoms with Crippen molar-refractivity contribution in [3.05, 3.63) is 60.2 Å². The van der Waals surface area contributed by atoms with Crippen LogP contribution in [0.2, 0.25) is 0 Å². The average molecular weight is 406 g/mol. The van der Waals surface area contributed by atoms with E-state index in [-0.39, 0.29) is 23.9 Å². The Balaban J connectivity index is 1.45. The topological polar surface area (TPSA) is 94.0 Å². The Hall–Kier alpha value is -3.63. The number of anilines is 1. The molecule has 0 unspecified atom stereocenters. The van der Waals surface area contributed by atoms with Crippen LogP contribution in [0.3, 0.4) is 0 Å². The normalized spacial score (nSPS) is 10.8. The summed E-state index contributed by atoms with van der Waals surface area (Å²) < 4.78 is 43.8. The van der Waals surface area contributed by atoms with E-state index in [1.165, 1.54) is 41.3 Å². The molecule has 3 aromatic rings. The number of nitrogens with zero attached hydrogens (tertiary/aromatic N) is 4. The van der Waals surface area contributed by atoms with Crippen LogP contribution in [0.25, 0.3) is 5.69 Å². The molecule has 11 heteroatoms. The number of aromatic nitrogens is 4. The van der Waals surface area contributed by atoms with Gasteiger partial charge in [-0.3, -0.25) is 4.79 Å². The largest absolute Gasteiger partial charge is 0.435 e. The van der Waals surface area contributed by atoms with Crippen molar-refractivity contribution >= 4 is 11.6 Å². The average Bonchev–Trinajstić information content (AvgIpc) is 3.23. The number of hydrogen-bond acceptors (Lipinski definition) is 6. The first-order valence-electron chi connectivity index (χ1n) is 8.58. The molecule has 0 radical (unpaired) electrons. The van der Waals surface area contributed by atoms with Gasteiger partial charge < -0.3 is 15.4 Å². The molecule has 152 valence electrons. The molecular weight excluding hydrogens is 389 g/mol. The van der Waals surface area contributed by atoms with Crippen molar-refractivity contribution in [2.75, 3.05) is 18.4 Å². The lowest BCUT2D eigenvalue weighted by Gasteiger charge is -2.10. The van der Waals surface area contributed by atoms with E-state index in [1.54, 1.807) is 12.1 Å². The second-order valence-electron chi connectivity index (χ2n) is 5.89. The van der Waals surface area contributed by atoms with Crippen molar-refractivity contribution in [2.45, 2.75) is 13.0 Å². The molecule has 0 spiro atoms. The van der Waals surface area contributed by atoms with Crippen molar-refractivity contribution in [1.82, 2.24) is 25.5 Å². The number of alkyl halides is 2. The van der Waals surface area contributed by atoms with Gasteiger partial charge in [-0.1, -0.05) is 12.1 Å². The van der Waals surface area contributed by atoms with Crippen molar-refractivity contribution in [3.63, 3.8) is 0 Å². The maximum absolute atomic E-state index is 13.9. The van der Waals surface area contributed by atoms with E-state index in [0.717, 1.165) is 5.56 Å². The van der Waals surface area contributed by atoms with Crippen LogP contribution in [0.1, 0.15) is 5.56 Å². The van der Waals surface area contributed by atoms with E-state index in [2.05, 4.69) is 30.9 Å². The van der Waals surface area contributed by atoms with Gasteiger partial charge in [0.2, 0.25) is 5.91 Å². The second kappa shape index (κ2) is 9.53. The highest BCUT2D eigenvalue weighted by Gasteiger charge is 2.08. The summed E-state index contributed by atoms with van der Waals surface area (Å²) >= 11 is 0. The number of tetrazole rings is 1. The quantitative estimate of drug-likeness (QED) is 0.566. The third-order valence-electron chi connectivity index (χ3n) is 3.89. The molecule has 0 atom stereocenters. The van der Waals surface area contributed by atoms with Gasteiger partial charge in [0.1, 0.15) is 17.9 Å². The predicted molar refractivity (Wildman–Crippen MR) is 97.4 cm³/mol. The SMILES string of the molecule is O=C(CNc1cc(-n2cnnn2)ccc1F)NCCc1ccc(OC(F)F)cc1. The highest BCUT2D eigenvalue weighted by molar-refractivity contribution is 5.80.